The van der Waals surface area contributed by atoms with E-state index in [2.05, 4.69) is 36.1 Å². The molecule has 31 heavy (non-hydrogen) atoms. The van der Waals surface area contributed by atoms with Crippen LogP contribution >= 0.6 is 15.9 Å². The Hall–Kier alpha value is -2.23. The van der Waals surface area contributed by atoms with Gasteiger partial charge in [0.1, 0.15) is 6.33 Å². The molecule has 166 valence electrons. The van der Waals surface area contributed by atoms with Crippen LogP contribution in [0.2, 0.25) is 0 Å². The molecule has 0 saturated heterocycles. The van der Waals surface area contributed by atoms with Crippen molar-refractivity contribution in [3.63, 3.8) is 0 Å². The van der Waals surface area contributed by atoms with Crippen molar-refractivity contribution in [3.05, 3.63) is 29.3 Å². The molecule has 2 aromatic rings. The van der Waals surface area contributed by atoms with Crippen LogP contribution in [0.15, 0.2) is 29.3 Å². The normalized spacial score (nSPS) is 31.1. The van der Waals surface area contributed by atoms with Gasteiger partial charge in [0.05, 0.1) is 18.1 Å². The molecule has 4 aliphatic rings. The third kappa shape index (κ3) is 3.58. The Morgan fingerprint density at radius 2 is 2.00 bits per heavy atom. The minimum absolute atomic E-state index is 0.0327. The molecule has 7 nitrogen and oxygen atoms in total. The Balaban J connectivity index is 1.40. The maximum atomic E-state index is 13.5. The van der Waals surface area contributed by atoms with Gasteiger partial charge in [-0.2, -0.15) is 8.78 Å². The third-order valence-corrected chi connectivity index (χ3v) is 7.46. The molecule has 4 bridgehead atoms. The molecule has 4 aliphatic carbocycles. The molecular formula is C21H23BrF2N4O3. The van der Waals surface area contributed by atoms with E-state index in [1.807, 2.05) is 4.68 Å². The number of hydrogen-bond acceptors (Lipinski definition) is 5. The number of anilines is 1. The molecule has 4 fully saturated rings. The van der Waals surface area contributed by atoms with Gasteiger partial charge in [-0.15, -0.1) is 5.10 Å². The molecule has 1 heterocycles. The lowest BCUT2D eigenvalue weighted by Gasteiger charge is -2.60. The molecule has 0 spiro atoms. The van der Waals surface area contributed by atoms with Crippen LogP contribution in [0.5, 0.6) is 11.5 Å². The SMILES string of the molecule is COc1cc(NC(=O)C23C[C@H]4C[C@H](C2)CC(n2cnc(Br)n2)(C4)C3)ccc1OC(F)F. The second-order valence-corrected chi connectivity index (χ2v) is 9.83. The summed E-state index contributed by atoms with van der Waals surface area (Å²) in [5.41, 5.74) is -0.169. The Morgan fingerprint density at radius 3 is 2.61 bits per heavy atom. The molecule has 4 saturated carbocycles. The monoisotopic (exact) mass is 496 g/mol. The summed E-state index contributed by atoms with van der Waals surface area (Å²) in [7, 11) is 1.37. The van der Waals surface area contributed by atoms with Gasteiger partial charge in [-0.25, -0.2) is 9.67 Å². The van der Waals surface area contributed by atoms with E-state index in [-0.39, 0.29) is 22.9 Å². The standard InChI is InChI=1S/C21H23BrF2N4O3/c1-30-16-5-14(2-3-15(16)31-19(23)24)26-17(29)20-6-12-4-13(7-20)9-21(8-12,10-20)28-11-25-18(22)27-28/h2-3,5,11-13,19H,4,6-10H2,1H3,(H,26,29)/t12-,13-,20?,21?/m1/s1. The Kier molecular flexibility index (Phi) is 4.95. The second-order valence-electron chi connectivity index (χ2n) is 9.12. The van der Waals surface area contributed by atoms with Crippen LogP contribution < -0.4 is 14.8 Å². The van der Waals surface area contributed by atoms with E-state index in [4.69, 9.17) is 4.74 Å². The van der Waals surface area contributed by atoms with Crippen LogP contribution in [-0.2, 0) is 10.3 Å². The lowest BCUT2D eigenvalue weighted by atomic mass is 9.46. The van der Waals surface area contributed by atoms with E-state index in [0.717, 1.165) is 38.5 Å². The summed E-state index contributed by atoms with van der Waals surface area (Å²) in [6.45, 7) is -2.95. The number of carbonyl (C=O) groups excluding carboxylic acids is 1. The summed E-state index contributed by atoms with van der Waals surface area (Å²) >= 11 is 3.34. The van der Waals surface area contributed by atoms with Crippen LogP contribution in [0.3, 0.4) is 0 Å². The minimum Gasteiger partial charge on any atom is -0.493 e. The van der Waals surface area contributed by atoms with E-state index in [9.17, 15) is 13.6 Å². The third-order valence-electron chi connectivity index (χ3n) is 7.10. The van der Waals surface area contributed by atoms with Gasteiger partial charge in [-0.3, -0.25) is 4.79 Å². The van der Waals surface area contributed by atoms with Crippen LogP contribution in [0.4, 0.5) is 14.5 Å². The summed E-state index contributed by atoms with van der Waals surface area (Å²) in [5, 5.41) is 7.54. The van der Waals surface area contributed by atoms with Gasteiger partial charge in [0.25, 0.3) is 0 Å². The van der Waals surface area contributed by atoms with Crippen molar-refractivity contribution >= 4 is 27.5 Å². The summed E-state index contributed by atoms with van der Waals surface area (Å²) in [6.07, 6.45) is 7.38. The molecule has 10 heteroatoms. The number of benzene rings is 1. The van der Waals surface area contributed by atoms with Crippen molar-refractivity contribution in [3.8, 4) is 11.5 Å². The Labute approximate surface area is 186 Å². The first-order valence-electron chi connectivity index (χ1n) is 10.3. The number of amides is 1. The number of aromatic nitrogens is 3. The predicted molar refractivity (Wildman–Crippen MR) is 111 cm³/mol. The highest BCUT2D eigenvalue weighted by Crippen LogP contribution is 2.64. The summed E-state index contributed by atoms with van der Waals surface area (Å²) in [6, 6.07) is 4.46. The van der Waals surface area contributed by atoms with Crippen LogP contribution in [0, 0.1) is 17.3 Å². The van der Waals surface area contributed by atoms with Crippen molar-refractivity contribution in [2.24, 2.45) is 17.3 Å². The van der Waals surface area contributed by atoms with Gasteiger partial charge in [-0.05, 0) is 78.4 Å². The molecule has 0 aliphatic heterocycles. The molecule has 1 amide bonds. The van der Waals surface area contributed by atoms with Crippen molar-refractivity contribution in [2.75, 3.05) is 12.4 Å². The van der Waals surface area contributed by atoms with Gasteiger partial charge in [-0.1, -0.05) is 0 Å². The lowest BCUT2D eigenvalue weighted by molar-refractivity contribution is -0.150. The summed E-state index contributed by atoms with van der Waals surface area (Å²) in [4.78, 5) is 17.8. The number of nitrogens with zero attached hydrogens (tertiary/aromatic N) is 3. The summed E-state index contributed by atoms with van der Waals surface area (Å²) < 4.78 is 37.3. The fourth-order valence-electron chi connectivity index (χ4n) is 6.42. The molecule has 0 radical (unpaired) electrons. The molecule has 1 aromatic carbocycles. The molecule has 6 rings (SSSR count). The first-order chi connectivity index (χ1) is 14.8. The topological polar surface area (TPSA) is 78.3 Å². The van der Waals surface area contributed by atoms with Crippen LogP contribution in [-0.4, -0.2) is 34.4 Å². The largest absolute Gasteiger partial charge is 0.493 e. The van der Waals surface area contributed by atoms with Crippen molar-refractivity contribution in [1.29, 1.82) is 0 Å². The lowest BCUT2D eigenvalue weighted by Crippen LogP contribution is -2.60. The van der Waals surface area contributed by atoms with Crippen LogP contribution in [0.1, 0.15) is 38.5 Å². The second kappa shape index (κ2) is 7.43. The quantitative estimate of drug-likeness (QED) is 0.632. The number of alkyl halides is 2. The number of ether oxygens (including phenoxy) is 2. The van der Waals surface area contributed by atoms with E-state index in [1.165, 1.54) is 19.2 Å². The number of rotatable bonds is 6. The highest BCUT2D eigenvalue weighted by atomic mass is 79.9. The maximum Gasteiger partial charge on any atom is 0.387 e. The molecule has 2 atom stereocenters. The minimum atomic E-state index is -2.95. The zero-order valence-electron chi connectivity index (χ0n) is 17.0. The molecule has 1 aromatic heterocycles. The van der Waals surface area contributed by atoms with E-state index in [0.29, 0.717) is 22.3 Å². The first kappa shape index (κ1) is 20.7. The summed E-state index contributed by atoms with van der Waals surface area (Å²) in [5.74, 6) is 1.00. The zero-order valence-corrected chi connectivity index (χ0v) is 18.6. The highest BCUT2D eigenvalue weighted by Gasteiger charge is 2.61. The Morgan fingerprint density at radius 1 is 1.26 bits per heavy atom. The zero-order chi connectivity index (χ0) is 21.8. The van der Waals surface area contributed by atoms with Crippen LogP contribution in [0.25, 0.3) is 0 Å². The smallest absolute Gasteiger partial charge is 0.387 e. The number of hydrogen-bond donors (Lipinski definition) is 1. The predicted octanol–water partition coefficient (Wildman–Crippen LogP) is 4.58. The van der Waals surface area contributed by atoms with E-state index in [1.54, 1.807) is 12.4 Å². The highest BCUT2D eigenvalue weighted by molar-refractivity contribution is 9.10. The maximum absolute atomic E-state index is 13.5. The Bertz CT molecular complexity index is 1000. The van der Waals surface area contributed by atoms with Gasteiger partial charge < -0.3 is 14.8 Å². The van der Waals surface area contributed by atoms with Crippen molar-refractivity contribution in [1.82, 2.24) is 14.8 Å². The van der Waals surface area contributed by atoms with Crippen molar-refractivity contribution in [2.45, 2.75) is 50.7 Å². The fourth-order valence-corrected chi connectivity index (χ4v) is 6.68. The number of halogens is 3. The van der Waals surface area contributed by atoms with Gasteiger partial charge in [0, 0.05) is 11.8 Å². The van der Waals surface area contributed by atoms with E-state index >= 15 is 0 Å². The number of carbonyl (C=O) groups is 1. The number of methoxy groups -OCH3 is 1. The number of nitrogens with one attached hydrogen (secondary N) is 1. The first-order valence-corrected chi connectivity index (χ1v) is 11.1. The van der Waals surface area contributed by atoms with Gasteiger partial charge in [0.15, 0.2) is 11.5 Å². The van der Waals surface area contributed by atoms with Crippen molar-refractivity contribution < 1.29 is 23.0 Å². The molecular weight excluding hydrogens is 474 g/mol. The average Bonchev–Trinajstić information content (AvgIpc) is 3.15. The van der Waals surface area contributed by atoms with Gasteiger partial charge in [0.2, 0.25) is 10.6 Å². The fraction of sp³-hybridized carbons (Fsp3) is 0.571. The molecule has 0 unspecified atom stereocenters. The average molecular weight is 497 g/mol. The molecule has 1 N–H and O–H groups in total. The van der Waals surface area contributed by atoms with E-state index < -0.39 is 12.0 Å². The van der Waals surface area contributed by atoms with Gasteiger partial charge >= 0.3 is 6.61 Å².